The normalized spacial score (nSPS) is 17.9. The molecule has 1 N–H and O–H groups in total. The molecule has 1 aliphatic rings. The van der Waals surface area contributed by atoms with Crippen LogP contribution in [0.4, 0.5) is 4.79 Å². The molecule has 0 bridgehead atoms. The summed E-state index contributed by atoms with van der Waals surface area (Å²) in [5.41, 5.74) is 10.6. The van der Waals surface area contributed by atoms with Crippen LogP contribution < -0.4 is 21.2 Å². The predicted octanol–water partition coefficient (Wildman–Crippen LogP) is 16.0. The summed E-state index contributed by atoms with van der Waals surface area (Å²) >= 11 is 0. The molecule has 4 aromatic carbocycles. The van der Waals surface area contributed by atoms with Gasteiger partial charge in [-0.1, -0.05) is 256 Å². The standard InChI is InChI=1S/C62H94NO2P3/c1-55(2,3)39-25-40(56(4,5)6)30-47(29-39)66-53(67-48-31-41(57(7,8)9)26-42(32-48)58(10,11)12)52-37-51(38-63(52)54(64)65)68(49-33-43(59(13,14)15)27-44(34-49)60(16,17)18)50-35-45(61(19,20)21)28-46(36-50)62(22,23)24/h25-36,51-53,66-67H,37-38H2,1-24H3,(H,64,65)/t51-,52-/m0/s1. The van der Waals surface area contributed by atoms with Crippen LogP contribution in [0.3, 0.4) is 0 Å². The number of rotatable bonds is 8. The number of likely N-dealkylation sites (tertiary alicyclic amines) is 1. The quantitative estimate of drug-likeness (QED) is 0.179. The molecule has 0 aliphatic carbocycles. The second kappa shape index (κ2) is 19.5. The lowest BCUT2D eigenvalue weighted by Gasteiger charge is -2.33. The molecule has 1 fully saturated rings. The first-order valence-electron chi connectivity index (χ1n) is 25.5. The maximum atomic E-state index is 14.1. The van der Waals surface area contributed by atoms with E-state index in [1.807, 2.05) is 4.90 Å². The Balaban J connectivity index is 1.83. The third kappa shape index (κ3) is 13.9. The lowest BCUT2D eigenvalue weighted by molar-refractivity contribution is 0.143. The van der Waals surface area contributed by atoms with Crippen molar-refractivity contribution in [2.45, 2.75) is 233 Å². The number of carboxylic acid groups (broad SMARTS) is 1. The molecule has 0 aromatic heterocycles. The first kappa shape index (κ1) is 56.4. The summed E-state index contributed by atoms with van der Waals surface area (Å²) in [5, 5.41) is 17.1. The van der Waals surface area contributed by atoms with E-state index in [2.05, 4.69) is 239 Å². The van der Waals surface area contributed by atoms with E-state index < -0.39 is 14.0 Å². The van der Waals surface area contributed by atoms with Crippen LogP contribution in [0, 0.1) is 0 Å². The maximum absolute atomic E-state index is 14.1. The van der Waals surface area contributed by atoms with Crippen LogP contribution >= 0.6 is 25.1 Å². The topological polar surface area (TPSA) is 40.5 Å². The second-order valence-corrected chi connectivity index (χ2v) is 34.7. The van der Waals surface area contributed by atoms with Crippen molar-refractivity contribution in [2.75, 3.05) is 6.54 Å². The van der Waals surface area contributed by atoms with E-state index in [1.165, 1.54) is 65.7 Å². The average Bonchev–Trinajstić information content (AvgIpc) is 3.60. The van der Waals surface area contributed by atoms with Gasteiger partial charge in [0.1, 0.15) is 0 Å². The molecule has 5 rings (SSSR count). The van der Waals surface area contributed by atoms with E-state index in [9.17, 15) is 9.90 Å². The second-order valence-electron chi connectivity index (χ2n) is 28.7. The molecule has 3 nitrogen and oxygen atoms in total. The van der Waals surface area contributed by atoms with Gasteiger partial charge < -0.3 is 10.0 Å². The first-order chi connectivity index (χ1) is 30.5. The SMILES string of the molecule is CC(C)(C)c1cc(PC(Pc2cc(C(C)(C)C)cc(C(C)(C)C)c2)[C@@H]2C[C@H](P(c3cc(C(C)(C)C)cc(C(C)(C)C)c3)c3cc(C(C)(C)C)cc(C(C)(C)C)c3)CN2C(=O)O)cc(C(C)(C)C)c1. The molecule has 4 aromatic rings. The molecule has 4 atom stereocenters. The summed E-state index contributed by atoms with van der Waals surface area (Å²) < 4.78 is 0. The molecular formula is C62H94NO2P3. The van der Waals surface area contributed by atoms with Gasteiger partial charge in [0.15, 0.2) is 0 Å². The Kier molecular flexibility index (Phi) is 16.1. The first-order valence-corrected chi connectivity index (χ1v) is 29.1. The highest BCUT2D eigenvalue weighted by atomic mass is 31.1. The molecule has 6 heteroatoms. The summed E-state index contributed by atoms with van der Waals surface area (Å²) in [6.07, 6.45) is 0.0379. The summed E-state index contributed by atoms with van der Waals surface area (Å²) in [5.74, 6) is 0. The van der Waals surface area contributed by atoms with Gasteiger partial charge in [0.05, 0.1) is 0 Å². The minimum atomic E-state index is -1.01. The molecule has 2 unspecified atom stereocenters. The zero-order valence-corrected chi connectivity index (χ0v) is 50.2. The number of carbonyl (C=O) groups is 1. The molecule has 0 spiro atoms. The third-order valence-corrected chi connectivity index (χ3v) is 20.4. The minimum absolute atomic E-state index is 0.0245. The minimum Gasteiger partial charge on any atom is -0.465 e. The van der Waals surface area contributed by atoms with Crippen molar-refractivity contribution in [3.05, 3.63) is 117 Å². The summed E-state index contributed by atoms with van der Waals surface area (Å²) in [4.78, 5) is 16.0. The fraction of sp³-hybridized carbons (Fsp3) is 0.597. The van der Waals surface area contributed by atoms with Crippen LogP contribution in [0.2, 0.25) is 0 Å². The van der Waals surface area contributed by atoms with Gasteiger partial charge in [-0.25, -0.2) is 4.79 Å². The van der Waals surface area contributed by atoms with Gasteiger partial charge >= 0.3 is 6.09 Å². The van der Waals surface area contributed by atoms with Crippen molar-refractivity contribution in [3.8, 4) is 0 Å². The molecule has 1 aliphatic heterocycles. The molecular weight excluding hydrogens is 884 g/mol. The van der Waals surface area contributed by atoms with Crippen LogP contribution in [-0.2, 0) is 43.3 Å². The van der Waals surface area contributed by atoms with E-state index in [-0.39, 0.29) is 60.4 Å². The zero-order valence-electron chi connectivity index (χ0n) is 47.3. The predicted molar refractivity (Wildman–Crippen MR) is 308 cm³/mol. The maximum Gasteiger partial charge on any atom is 0.407 e. The Morgan fingerprint density at radius 1 is 0.441 bits per heavy atom. The molecule has 68 heavy (non-hydrogen) atoms. The van der Waals surface area contributed by atoms with Crippen molar-refractivity contribution < 1.29 is 9.90 Å². The highest BCUT2D eigenvalue weighted by Gasteiger charge is 2.45. The fourth-order valence-electron chi connectivity index (χ4n) is 9.11. The van der Waals surface area contributed by atoms with Crippen LogP contribution in [0.15, 0.2) is 72.8 Å². The van der Waals surface area contributed by atoms with E-state index in [0.29, 0.717) is 23.7 Å². The largest absolute Gasteiger partial charge is 0.465 e. The van der Waals surface area contributed by atoms with Crippen LogP contribution in [0.1, 0.15) is 217 Å². The number of benzene rings is 4. The van der Waals surface area contributed by atoms with E-state index in [1.54, 1.807) is 0 Å². The highest BCUT2D eigenvalue weighted by Crippen LogP contribution is 2.52. The molecule has 1 saturated heterocycles. The van der Waals surface area contributed by atoms with Gasteiger partial charge in [0, 0.05) is 23.6 Å². The smallest absolute Gasteiger partial charge is 0.407 e. The Labute approximate surface area is 422 Å². The highest BCUT2D eigenvalue weighted by molar-refractivity contribution is 7.73. The van der Waals surface area contributed by atoms with Gasteiger partial charge in [0.25, 0.3) is 0 Å². The summed E-state index contributed by atoms with van der Waals surface area (Å²) in [7, 11) is -0.120. The van der Waals surface area contributed by atoms with Crippen molar-refractivity contribution in [1.82, 2.24) is 4.90 Å². The Morgan fingerprint density at radius 3 is 0.897 bits per heavy atom. The van der Waals surface area contributed by atoms with Gasteiger partial charge in [-0.05, 0) is 123 Å². The van der Waals surface area contributed by atoms with E-state index >= 15 is 0 Å². The van der Waals surface area contributed by atoms with Gasteiger partial charge in [-0.3, -0.25) is 0 Å². The molecule has 0 radical (unpaired) electrons. The van der Waals surface area contributed by atoms with Crippen LogP contribution in [-0.4, -0.2) is 39.7 Å². The van der Waals surface area contributed by atoms with E-state index in [4.69, 9.17) is 0 Å². The number of hydrogen-bond donors (Lipinski definition) is 1. The third-order valence-electron chi connectivity index (χ3n) is 14.1. The monoisotopic (exact) mass is 978 g/mol. The summed E-state index contributed by atoms with van der Waals surface area (Å²) in [6.45, 7) is 56.4. The molecule has 1 heterocycles. The zero-order chi connectivity index (χ0) is 51.7. The van der Waals surface area contributed by atoms with Gasteiger partial charge in [-0.2, -0.15) is 0 Å². The Morgan fingerprint density at radius 2 is 0.676 bits per heavy atom. The lowest BCUT2D eigenvalue weighted by Crippen LogP contribution is -2.40. The van der Waals surface area contributed by atoms with Gasteiger partial charge in [0.2, 0.25) is 0 Å². The molecule has 0 saturated carbocycles. The van der Waals surface area contributed by atoms with Crippen molar-refractivity contribution in [3.63, 3.8) is 0 Å². The number of hydrogen-bond acceptors (Lipinski definition) is 1. The molecule has 374 valence electrons. The van der Waals surface area contributed by atoms with Gasteiger partial charge in [-0.15, -0.1) is 0 Å². The Hall–Kier alpha value is -2.56. The number of nitrogens with zero attached hydrogens (tertiary/aromatic N) is 1. The summed E-state index contributed by atoms with van der Waals surface area (Å²) in [6, 6.07) is 29.5. The van der Waals surface area contributed by atoms with Crippen LogP contribution in [0.5, 0.6) is 0 Å². The average molecular weight is 978 g/mol. The van der Waals surface area contributed by atoms with Crippen molar-refractivity contribution in [2.24, 2.45) is 0 Å². The Bertz CT molecular complexity index is 2160. The molecule has 1 amide bonds. The lowest BCUT2D eigenvalue weighted by atomic mass is 9.81. The number of amides is 1. The van der Waals surface area contributed by atoms with Crippen molar-refractivity contribution >= 4 is 52.4 Å². The van der Waals surface area contributed by atoms with E-state index in [0.717, 1.165) is 6.42 Å². The van der Waals surface area contributed by atoms with Crippen molar-refractivity contribution in [1.29, 1.82) is 0 Å². The van der Waals surface area contributed by atoms with Crippen LogP contribution in [0.25, 0.3) is 0 Å². The fourth-order valence-corrected chi connectivity index (χ4v) is 16.1.